The van der Waals surface area contributed by atoms with Gasteiger partial charge in [0.15, 0.2) is 0 Å². The summed E-state index contributed by atoms with van der Waals surface area (Å²) in [4.78, 5) is 17.9. The molecular formula is C17H22N2O2. The summed E-state index contributed by atoms with van der Waals surface area (Å²) in [7, 11) is 1.87. The number of carbonyl (C=O) groups is 1. The van der Waals surface area contributed by atoms with Crippen molar-refractivity contribution in [1.29, 1.82) is 0 Å². The second-order valence-electron chi connectivity index (χ2n) is 6.34. The number of aromatic nitrogens is 1. The van der Waals surface area contributed by atoms with Crippen molar-refractivity contribution in [2.24, 2.45) is 5.41 Å². The van der Waals surface area contributed by atoms with E-state index >= 15 is 0 Å². The van der Waals surface area contributed by atoms with Crippen LogP contribution in [0.1, 0.15) is 29.9 Å². The number of H-pyrrole nitrogens is 1. The highest BCUT2D eigenvalue weighted by Crippen LogP contribution is 2.29. The van der Waals surface area contributed by atoms with Crippen LogP contribution >= 0.6 is 0 Å². The Morgan fingerprint density at radius 1 is 1.38 bits per heavy atom. The summed E-state index contributed by atoms with van der Waals surface area (Å²) < 4.78 is 5.27. The van der Waals surface area contributed by atoms with E-state index in [4.69, 9.17) is 4.74 Å². The molecule has 4 nitrogen and oxygen atoms in total. The molecule has 0 unspecified atom stereocenters. The molecule has 0 spiro atoms. The molecule has 1 aliphatic rings. The Morgan fingerprint density at radius 2 is 2.10 bits per heavy atom. The highest BCUT2D eigenvalue weighted by atomic mass is 16.5. The third kappa shape index (κ3) is 2.44. The number of hydrogen-bond acceptors (Lipinski definition) is 2. The average Bonchev–Trinajstić information content (AvgIpc) is 2.83. The van der Waals surface area contributed by atoms with Crippen LogP contribution in [0.15, 0.2) is 24.3 Å². The maximum atomic E-state index is 12.8. The van der Waals surface area contributed by atoms with E-state index < -0.39 is 0 Å². The van der Waals surface area contributed by atoms with E-state index in [1.165, 1.54) is 0 Å². The van der Waals surface area contributed by atoms with Crippen LogP contribution in [0.4, 0.5) is 0 Å². The fourth-order valence-electron chi connectivity index (χ4n) is 3.13. The van der Waals surface area contributed by atoms with E-state index in [1.54, 1.807) is 0 Å². The van der Waals surface area contributed by atoms with Gasteiger partial charge in [0.2, 0.25) is 0 Å². The summed E-state index contributed by atoms with van der Waals surface area (Å²) >= 11 is 0. The van der Waals surface area contributed by atoms with Crippen LogP contribution < -0.4 is 0 Å². The predicted octanol–water partition coefficient (Wildman–Crippen LogP) is 2.84. The minimum Gasteiger partial charge on any atom is -0.380 e. The number of fused-ring (bicyclic) bond motifs is 1. The van der Waals surface area contributed by atoms with Crippen molar-refractivity contribution in [1.82, 2.24) is 9.88 Å². The lowest BCUT2D eigenvalue weighted by Crippen LogP contribution is -2.49. The molecule has 1 aliphatic heterocycles. The van der Waals surface area contributed by atoms with Gasteiger partial charge in [-0.15, -0.1) is 0 Å². The van der Waals surface area contributed by atoms with Gasteiger partial charge >= 0.3 is 0 Å². The Labute approximate surface area is 125 Å². The summed E-state index contributed by atoms with van der Waals surface area (Å²) in [6, 6.07) is 8.10. The standard InChI is InChI=1S/C17H22N2O2/c1-4-12-13-7-5-6-8-14(13)18-15(12)16(20)19(3)9-17(2)10-21-11-17/h5-8,18H,4,9-11H2,1-3H3. The smallest absolute Gasteiger partial charge is 0.270 e. The van der Waals surface area contributed by atoms with Crippen LogP contribution in [0.25, 0.3) is 10.9 Å². The molecule has 2 aromatic rings. The van der Waals surface area contributed by atoms with Crippen LogP contribution in [0.5, 0.6) is 0 Å². The zero-order valence-electron chi connectivity index (χ0n) is 12.9. The topological polar surface area (TPSA) is 45.3 Å². The second-order valence-corrected chi connectivity index (χ2v) is 6.34. The third-order valence-corrected chi connectivity index (χ3v) is 4.25. The minimum absolute atomic E-state index is 0.0659. The number of amides is 1. The van der Waals surface area contributed by atoms with Crippen LogP contribution in [-0.2, 0) is 11.2 Å². The molecule has 3 rings (SSSR count). The van der Waals surface area contributed by atoms with E-state index in [0.29, 0.717) is 0 Å². The number of hydrogen-bond donors (Lipinski definition) is 1. The number of para-hydroxylation sites is 1. The number of aryl methyl sites for hydroxylation is 1. The molecule has 0 bridgehead atoms. The summed E-state index contributed by atoms with van der Waals surface area (Å²) in [5.74, 6) is 0.0659. The normalized spacial score (nSPS) is 16.7. The molecule has 1 saturated heterocycles. The summed E-state index contributed by atoms with van der Waals surface area (Å²) in [6.45, 7) is 6.44. The Balaban J connectivity index is 1.90. The van der Waals surface area contributed by atoms with Gasteiger partial charge in [-0.2, -0.15) is 0 Å². The maximum Gasteiger partial charge on any atom is 0.270 e. The SMILES string of the molecule is CCc1c(C(=O)N(C)CC2(C)COC2)[nH]c2ccccc12. The molecular weight excluding hydrogens is 264 g/mol. The first kappa shape index (κ1) is 14.1. The van der Waals surface area contributed by atoms with Gasteiger partial charge in [0.1, 0.15) is 5.69 Å². The van der Waals surface area contributed by atoms with Crippen LogP contribution in [0, 0.1) is 5.41 Å². The first-order chi connectivity index (χ1) is 10.0. The molecule has 0 aliphatic carbocycles. The van der Waals surface area contributed by atoms with Gasteiger partial charge in [-0.3, -0.25) is 4.79 Å². The fourth-order valence-corrected chi connectivity index (χ4v) is 3.13. The van der Waals surface area contributed by atoms with Gasteiger partial charge in [0, 0.05) is 29.9 Å². The number of aromatic amines is 1. The first-order valence-corrected chi connectivity index (χ1v) is 7.47. The van der Waals surface area contributed by atoms with Gasteiger partial charge in [0.05, 0.1) is 13.2 Å². The van der Waals surface area contributed by atoms with Gasteiger partial charge in [-0.25, -0.2) is 0 Å². The van der Waals surface area contributed by atoms with Crippen molar-refractivity contribution in [3.63, 3.8) is 0 Å². The van der Waals surface area contributed by atoms with Gasteiger partial charge < -0.3 is 14.6 Å². The van der Waals surface area contributed by atoms with Crippen LogP contribution in [-0.4, -0.2) is 42.6 Å². The Hall–Kier alpha value is -1.81. The van der Waals surface area contributed by atoms with Gasteiger partial charge in [-0.1, -0.05) is 32.0 Å². The lowest BCUT2D eigenvalue weighted by Gasteiger charge is -2.40. The Morgan fingerprint density at radius 3 is 2.71 bits per heavy atom. The first-order valence-electron chi connectivity index (χ1n) is 7.47. The molecule has 21 heavy (non-hydrogen) atoms. The van der Waals surface area contributed by atoms with Crippen molar-refractivity contribution in [2.45, 2.75) is 20.3 Å². The summed E-state index contributed by atoms with van der Waals surface area (Å²) in [6.07, 6.45) is 0.847. The van der Waals surface area contributed by atoms with Crippen LogP contribution in [0.2, 0.25) is 0 Å². The molecule has 0 atom stereocenters. The zero-order chi connectivity index (χ0) is 15.0. The quantitative estimate of drug-likeness (QED) is 0.939. The maximum absolute atomic E-state index is 12.8. The number of nitrogens with zero attached hydrogens (tertiary/aromatic N) is 1. The lowest BCUT2D eigenvalue weighted by atomic mass is 9.88. The van der Waals surface area contributed by atoms with Crippen molar-refractivity contribution in [3.8, 4) is 0 Å². The number of rotatable bonds is 4. The highest BCUT2D eigenvalue weighted by molar-refractivity contribution is 6.01. The van der Waals surface area contributed by atoms with E-state index in [1.807, 2.05) is 30.1 Å². The van der Waals surface area contributed by atoms with Gasteiger partial charge in [0.25, 0.3) is 5.91 Å². The number of nitrogens with one attached hydrogen (secondary N) is 1. The molecule has 0 radical (unpaired) electrons. The molecule has 2 heterocycles. The number of benzene rings is 1. The Kier molecular flexibility index (Phi) is 3.49. The summed E-state index contributed by atoms with van der Waals surface area (Å²) in [5, 5.41) is 1.15. The molecule has 0 saturated carbocycles. The van der Waals surface area contributed by atoms with Crippen molar-refractivity contribution in [2.75, 3.05) is 26.8 Å². The minimum atomic E-state index is 0.0659. The largest absolute Gasteiger partial charge is 0.380 e. The van der Waals surface area contributed by atoms with Crippen molar-refractivity contribution in [3.05, 3.63) is 35.5 Å². The average molecular weight is 286 g/mol. The lowest BCUT2D eigenvalue weighted by molar-refractivity contribution is -0.109. The molecule has 1 N–H and O–H groups in total. The van der Waals surface area contributed by atoms with E-state index in [2.05, 4.69) is 24.9 Å². The molecule has 4 heteroatoms. The molecule has 1 amide bonds. The zero-order valence-corrected chi connectivity index (χ0v) is 12.9. The molecule has 1 aromatic carbocycles. The van der Waals surface area contributed by atoms with Crippen LogP contribution in [0.3, 0.4) is 0 Å². The van der Waals surface area contributed by atoms with E-state index in [9.17, 15) is 4.79 Å². The van der Waals surface area contributed by atoms with E-state index in [0.717, 1.165) is 48.3 Å². The molecule has 112 valence electrons. The monoisotopic (exact) mass is 286 g/mol. The van der Waals surface area contributed by atoms with Crippen molar-refractivity contribution >= 4 is 16.8 Å². The number of ether oxygens (including phenoxy) is 1. The molecule has 1 fully saturated rings. The molecule has 1 aromatic heterocycles. The second kappa shape index (κ2) is 5.19. The number of carbonyl (C=O) groups excluding carboxylic acids is 1. The third-order valence-electron chi connectivity index (χ3n) is 4.25. The van der Waals surface area contributed by atoms with E-state index in [-0.39, 0.29) is 11.3 Å². The highest BCUT2D eigenvalue weighted by Gasteiger charge is 2.36. The Bertz CT molecular complexity index is 670. The predicted molar refractivity (Wildman–Crippen MR) is 83.6 cm³/mol. The summed E-state index contributed by atoms with van der Waals surface area (Å²) in [5.41, 5.74) is 2.97. The fraction of sp³-hybridized carbons (Fsp3) is 0.471. The van der Waals surface area contributed by atoms with Crippen molar-refractivity contribution < 1.29 is 9.53 Å². The van der Waals surface area contributed by atoms with Gasteiger partial charge in [-0.05, 0) is 18.1 Å².